The average molecular weight is 395 g/mol. The lowest BCUT2D eigenvalue weighted by molar-refractivity contribution is -0.124. The highest BCUT2D eigenvalue weighted by atomic mass is 32.2. The van der Waals surface area contributed by atoms with Gasteiger partial charge in [-0.1, -0.05) is 24.3 Å². The molecule has 3 rings (SSSR count). The van der Waals surface area contributed by atoms with Crippen LogP contribution in [0.15, 0.2) is 24.3 Å². The number of sulfone groups is 1. The van der Waals surface area contributed by atoms with Gasteiger partial charge in [0.25, 0.3) is 0 Å². The Morgan fingerprint density at radius 2 is 1.78 bits per heavy atom. The Morgan fingerprint density at radius 1 is 1.15 bits per heavy atom. The molecule has 150 valence electrons. The molecule has 2 aliphatic heterocycles. The van der Waals surface area contributed by atoms with Crippen molar-refractivity contribution >= 4 is 15.7 Å². The molecule has 0 atom stereocenters. The minimum Gasteiger partial charge on any atom is -0.381 e. The Bertz CT molecular complexity index is 779. The van der Waals surface area contributed by atoms with E-state index in [0.29, 0.717) is 45.7 Å². The standard InChI is InChI=1S/C20H30N2O4S/c1-16-5-3-4-6-17(16)19(9-13-26-14-10-19)15-22-18(23)20(27(2,24)25)7-11-21-12-8-20/h3-6,21H,7-15H2,1-2H3,(H,22,23). The van der Waals surface area contributed by atoms with Crippen LogP contribution >= 0.6 is 0 Å². The first-order valence-corrected chi connectivity index (χ1v) is 11.5. The van der Waals surface area contributed by atoms with Crippen molar-refractivity contribution < 1.29 is 17.9 Å². The zero-order chi connectivity index (χ0) is 19.5. The average Bonchev–Trinajstić information content (AvgIpc) is 2.67. The fourth-order valence-electron chi connectivity index (χ4n) is 4.48. The SMILES string of the molecule is Cc1ccccc1C1(CNC(=O)C2(S(C)(=O)=O)CCNCC2)CCOCC1. The van der Waals surface area contributed by atoms with Crippen LogP contribution < -0.4 is 10.6 Å². The first-order chi connectivity index (χ1) is 12.8. The number of nitrogens with one attached hydrogen (secondary N) is 2. The van der Waals surface area contributed by atoms with Gasteiger partial charge in [-0.2, -0.15) is 0 Å². The van der Waals surface area contributed by atoms with Gasteiger partial charge in [-0.3, -0.25) is 4.79 Å². The van der Waals surface area contributed by atoms with Crippen LogP contribution in [-0.2, 0) is 24.8 Å². The van der Waals surface area contributed by atoms with E-state index in [1.165, 1.54) is 17.4 Å². The van der Waals surface area contributed by atoms with Crippen LogP contribution in [0.3, 0.4) is 0 Å². The smallest absolute Gasteiger partial charge is 0.241 e. The summed E-state index contributed by atoms with van der Waals surface area (Å²) in [5.74, 6) is -0.356. The Morgan fingerprint density at radius 3 is 2.37 bits per heavy atom. The van der Waals surface area contributed by atoms with Gasteiger partial charge in [-0.05, 0) is 56.8 Å². The predicted octanol–water partition coefficient (Wildman–Crippen LogP) is 1.33. The molecule has 2 N–H and O–H groups in total. The van der Waals surface area contributed by atoms with E-state index in [2.05, 4.69) is 29.7 Å². The van der Waals surface area contributed by atoms with Crippen LogP contribution in [0.5, 0.6) is 0 Å². The van der Waals surface area contributed by atoms with Crippen LogP contribution in [0.25, 0.3) is 0 Å². The summed E-state index contributed by atoms with van der Waals surface area (Å²) < 4.78 is 29.2. The van der Waals surface area contributed by atoms with Gasteiger partial charge in [0.2, 0.25) is 5.91 Å². The van der Waals surface area contributed by atoms with Gasteiger partial charge < -0.3 is 15.4 Å². The molecule has 0 radical (unpaired) electrons. The molecule has 0 aromatic heterocycles. The maximum Gasteiger partial charge on any atom is 0.241 e. The molecule has 2 aliphatic rings. The molecule has 2 saturated heterocycles. The van der Waals surface area contributed by atoms with Crippen molar-refractivity contribution in [2.75, 3.05) is 39.1 Å². The highest BCUT2D eigenvalue weighted by Crippen LogP contribution is 2.37. The van der Waals surface area contributed by atoms with E-state index in [0.717, 1.165) is 12.8 Å². The summed E-state index contributed by atoms with van der Waals surface area (Å²) in [7, 11) is -3.51. The number of ether oxygens (including phenoxy) is 1. The summed E-state index contributed by atoms with van der Waals surface area (Å²) in [6.45, 7) is 4.88. The third-order valence-electron chi connectivity index (χ3n) is 6.29. The van der Waals surface area contributed by atoms with Gasteiger partial charge in [0.05, 0.1) is 0 Å². The Balaban J connectivity index is 1.85. The van der Waals surface area contributed by atoms with Crippen molar-refractivity contribution in [3.8, 4) is 0 Å². The lowest BCUT2D eigenvalue weighted by Gasteiger charge is -2.40. The lowest BCUT2D eigenvalue weighted by atomic mass is 9.72. The summed E-state index contributed by atoms with van der Waals surface area (Å²) in [4.78, 5) is 13.1. The first-order valence-electron chi connectivity index (χ1n) is 9.63. The van der Waals surface area contributed by atoms with E-state index in [1.54, 1.807) is 0 Å². The van der Waals surface area contributed by atoms with Crippen molar-refractivity contribution in [3.05, 3.63) is 35.4 Å². The van der Waals surface area contributed by atoms with Gasteiger partial charge in [-0.25, -0.2) is 8.42 Å². The molecule has 0 spiro atoms. The predicted molar refractivity (Wildman–Crippen MR) is 106 cm³/mol. The summed E-state index contributed by atoms with van der Waals surface area (Å²) >= 11 is 0. The Labute approximate surface area is 162 Å². The number of amides is 1. The molecule has 0 saturated carbocycles. The minimum atomic E-state index is -3.51. The number of hydrogen-bond donors (Lipinski definition) is 2. The fourth-order valence-corrected chi connectivity index (χ4v) is 5.83. The summed E-state index contributed by atoms with van der Waals surface area (Å²) in [5.41, 5.74) is 2.19. The molecule has 7 heteroatoms. The Kier molecular flexibility index (Phi) is 5.93. The van der Waals surface area contributed by atoms with Gasteiger partial charge in [-0.15, -0.1) is 0 Å². The maximum absolute atomic E-state index is 13.1. The van der Waals surface area contributed by atoms with Crippen LogP contribution in [0.1, 0.15) is 36.8 Å². The quantitative estimate of drug-likeness (QED) is 0.787. The second kappa shape index (κ2) is 7.89. The van der Waals surface area contributed by atoms with Crippen LogP contribution in [0.4, 0.5) is 0 Å². The van der Waals surface area contributed by atoms with Crippen LogP contribution in [-0.4, -0.2) is 58.2 Å². The molecule has 1 amide bonds. The second-order valence-corrected chi connectivity index (χ2v) is 10.2. The first kappa shape index (κ1) is 20.3. The number of carbonyl (C=O) groups excluding carboxylic acids is 1. The van der Waals surface area contributed by atoms with E-state index in [9.17, 15) is 13.2 Å². The second-order valence-electron chi connectivity index (χ2n) is 7.91. The monoisotopic (exact) mass is 394 g/mol. The lowest BCUT2D eigenvalue weighted by Crippen LogP contribution is -2.59. The van der Waals surface area contributed by atoms with Crippen molar-refractivity contribution in [2.45, 2.75) is 42.8 Å². The molecule has 2 fully saturated rings. The molecular weight excluding hydrogens is 364 g/mol. The molecule has 2 heterocycles. The molecule has 27 heavy (non-hydrogen) atoms. The molecule has 1 aromatic rings. The van der Waals surface area contributed by atoms with E-state index in [4.69, 9.17) is 4.74 Å². The number of piperidine rings is 1. The molecular formula is C20H30N2O4S. The minimum absolute atomic E-state index is 0.217. The van der Waals surface area contributed by atoms with E-state index >= 15 is 0 Å². The number of carbonyl (C=O) groups is 1. The number of aryl methyl sites for hydroxylation is 1. The van der Waals surface area contributed by atoms with Crippen molar-refractivity contribution in [1.82, 2.24) is 10.6 Å². The maximum atomic E-state index is 13.1. The Hall–Kier alpha value is -1.44. The molecule has 0 aliphatic carbocycles. The third-order valence-corrected chi connectivity index (χ3v) is 8.30. The van der Waals surface area contributed by atoms with E-state index < -0.39 is 14.6 Å². The van der Waals surface area contributed by atoms with E-state index in [1.807, 2.05) is 12.1 Å². The molecule has 6 nitrogen and oxygen atoms in total. The molecule has 1 aromatic carbocycles. The largest absolute Gasteiger partial charge is 0.381 e. The van der Waals surface area contributed by atoms with Crippen molar-refractivity contribution in [1.29, 1.82) is 0 Å². The molecule has 0 unspecified atom stereocenters. The zero-order valence-electron chi connectivity index (χ0n) is 16.2. The fraction of sp³-hybridized carbons (Fsp3) is 0.650. The van der Waals surface area contributed by atoms with Crippen molar-refractivity contribution in [2.24, 2.45) is 0 Å². The van der Waals surface area contributed by atoms with E-state index in [-0.39, 0.29) is 11.3 Å². The normalized spacial score (nSPS) is 22.1. The van der Waals surface area contributed by atoms with Gasteiger partial charge >= 0.3 is 0 Å². The summed E-state index contributed by atoms with van der Waals surface area (Å²) in [6, 6.07) is 8.23. The summed E-state index contributed by atoms with van der Waals surface area (Å²) in [5, 5.41) is 6.19. The molecule has 0 bridgehead atoms. The summed E-state index contributed by atoms with van der Waals surface area (Å²) in [6.07, 6.45) is 3.44. The van der Waals surface area contributed by atoms with Crippen LogP contribution in [0, 0.1) is 6.92 Å². The van der Waals surface area contributed by atoms with Gasteiger partial charge in [0, 0.05) is 31.4 Å². The van der Waals surface area contributed by atoms with Gasteiger partial charge in [0.1, 0.15) is 0 Å². The highest BCUT2D eigenvalue weighted by molar-refractivity contribution is 7.92. The third kappa shape index (κ3) is 3.91. The number of hydrogen-bond acceptors (Lipinski definition) is 5. The zero-order valence-corrected chi connectivity index (χ0v) is 17.0. The highest BCUT2D eigenvalue weighted by Gasteiger charge is 2.49. The topological polar surface area (TPSA) is 84.5 Å². The van der Waals surface area contributed by atoms with Crippen LogP contribution in [0.2, 0.25) is 0 Å². The van der Waals surface area contributed by atoms with Crippen molar-refractivity contribution in [3.63, 3.8) is 0 Å². The van der Waals surface area contributed by atoms with Gasteiger partial charge in [0.15, 0.2) is 14.6 Å². The number of benzene rings is 1. The number of rotatable bonds is 5.